The van der Waals surface area contributed by atoms with Crippen LogP contribution < -0.4 is 5.32 Å². The van der Waals surface area contributed by atoms with Gasteiger partial charge in [0.05, 0.1) is 18.4 Å². The van der Waals surface area contributed by atoms with Crippen LogP contribution in [0.5, 0.6) is 0 Å². The highest BCUT2D eigenvalue weighted by Crippen LogP contribution is 2.16. The molecule has 0 aliphatic heterocycles. The van der Waals surface area contributed by atoms with Gasteiger partial charge in [-0.1, -0.05) is 37.3 Å². The zero-order valence-corrected chi connectivity index (χ0v) is 16.9. The van der Waals surface area contributed by atoms with E-state index < -0.39 is 0 Å². The highest BCUT2D eigenvalue weighted by molar-refractivity contribution is 5.84. The van der Waals surface area contributed by atoms with Gasteiger partial charge in [0, 0.05) is 27.2 Å². The van der Waals surface area contributed by atoms with E-state index in [1.165, 1.54) is 0 Å². The number of H-pyrrole nitrogens is 1. The number of guanidine groups is 1. The van der Waals surface area contributed by atoms with Crippen molar-refractivity contribution in [1.29, 1.82) is 0 Å². The molecule has 2 aromatic rings. The zero-order chi connectivity index (χ0) is 19.8. The first-order valence-electron chi connectivity index (χ1n) is 9.22. The number of aliphatic imine (C=N–C) groups is 1. The molecule has 0 saturated heterocycles. The van der Waals surface area contributed by atoms with Gasteiger partial charge < -0.3 is 20.1 Å². The summed E-state index contributed by atoms with van der Waals surface area (Å²) in [6.07, 6.45) is 2.81. The number of nitrogens with zero attached hydrogens (tertiary/aromatic N) is 4. The Morgan fingerprint density at radius 2 is 1.96 bits per heavy atom. The lowest BCUT2D eigenvalue weighted by Gasteiger charge is -2.24. The Morgan fingerprint density at radius 3 is 2.59 bits per heavy atom. The van der Waals surface area contributed by atoms with Crippen LogP contribution in [0.4, 0.5) is 0 Å². The summed E-state index contributed by atoms with van der Waals surface area (Å²) < 4.78 is 0. The topological polar surface area (TPSA) is 76.6 Å². The van der Waals surface area contributed by atoms with Gasteiger partial charge in [0.25, 0.3) is 0 Å². The lowest BCUT2D eigenvalue weighted by molar-refractivity contribution is -0.127. The lowest BCUT2D eigenvalue weighted by atomic mass is 10.2. The van der Waals surface area contributed by atoms with E-state index in [1.54, 1.807) is 19.0 Å². The highest BCUT2D eigenvalue weighted by Gasteiger charge is 2.13. The van der Waals surface area contributed by atoms with Crippen molar-refractivity contribution in [3.63, 3.8) is 0 Å². The highest BCUT2D eigenvalue weighted by atomic mass is 16.2. The third-order valence-electron chi connectivity index (χ3n) is 4.31. The van der Waals surface area contributed by atoms with Crippen LogP contribution in [-0.2, 0) is 11.3 Å². The lowest BCUT2D eigenvalue weighted by Crippen LogP contribution is -2.43. The van der Waals surface area contributed by atoms with Crippen LogP contribution in [0, 0.1) is 0 Å². The molecule has 1 aromatic carbocycles. The summed E-state index contributed by atoms with van der Waals surface area (Å²) in [6, 6.07) is 10.4. The Bertz CT molecular complexity index is 753. The summed E-state index contributed by atoms with van der Waals surface area (Å²) in [5, 5.41) is 3.38. The predicted molar refractivity (Wildman–Crippen MR) is 109 cm³/mol. The summed E-state index contributed by atoms with van der Waals surface area (Å²) in [5.41, 5.74) is 2.08. The molecule has 2 rings (SSSR count). The number of benzene rings is 1. The minimum atomic E-state index is -0.0313. The van der Waals surface area contributed by atoms with Gasteiger partial charge in [-0.2, -0.15) is 0 Å². The number of aromatic nitrogens is 2. The largest absolute Gasteiger partial charge is 0.354 e. The number of carbonyl (C=O) groups excluding carboxylic acids is 1. The fourth-order valence-corrected chi connectivity index (χ4v) is 2.39. The van der Waals surface area contributed by atoms with Gasteiger partial charge in [0.1, 0.15) is 12.4 Å². The minimum Gasteiger partial charge on any atom is -0.354 e. The Labute approximate surface area is 161 Å². The van der Waals surface area contributed by atoms with Crippen LogP contribution in [-0.4, -0.2) is 65.4 Å². The molecule has 2 N–H and O–H groups in total. The van der Waals surface area contributed by atoms with Gasteiger partial charge >= 0.3 is 0 Å². The number of imidazole rings is 1. The molecule has 0 fully saturated rings. The summed E-state index contributed by atoms with van der Waals surface area (Å²) in [5.74, 6) is 1.50. The molecular weight excluding hydrogens is 340 g/mol. The second-order valence-electron chi connectivity index (χ2n) is 6.85. The fraction of sp³-hybridized carbons (Fsp3) is 0.450. The molecule has 146 valence electrons. The normalized spacial score (nSPS) is 12.6. The third kappa shape index (κ3) is 6.13. The molecule has 7 heteroatoms. The van der Waals surface area contributed by atoms with Crippen molar-refractivity contribution >= 4 is 11.9 Å². The van der Waals surface area contributed by atoms with Gasteiger partial charge in [-0.25, -0.2) is 9.98 Å². The van der Waals surface area contributed by atoms with Crippen molar-refractivity contribution in [3.8, 4) is 11.3 Å². The van der Waals surface area contributed by atoms with Gasteiger partial charge in [0.15, 0.2) is 5.96 Å². The molecule has 0 saturated carbocycles. The van der Waals surface area contributed by atoms with Gasteiger partial charge in [0.2, 0.25) is 5.91 Å². The number of nitrogens with one attached hydrogen (secondary N) is 2. The predicted octanol–water partition coefficient (Wildman–Crippen LogP) is 2.34. The van der Waals surface area contributed by atoms with Crippen LogP contribution in [0.25, 0.3) is 11.3 Å². The molecule has 1 atom stereocenters. The maximum absolute atomic E-state index is 11.9. The Balaban J connectivity index is 2.10. The first-order chi connectivity index (χ1) is 12.9. The summed E-state index contributed by atoms with van der Waals surface area (Å²) >= 11 is 0. The summed E-state index contributed by atoms with van der Waals surface area (Å²) in [7, 11) is 5.41. The molecular formula is C20H30N6O. The van der Waals surface area contributed by atoms with Crippen LogP contribution in [0.1, 0.15) is 26.1 Å². The van der Waals surface area contributed by atoms with Crippen LogP contribution in [0.2, 0.25) is 0 Å². The molecule has 7 nitrogen and oxygen atoms in total. The minimum absolute atomic E-state index is 0.0313. The molecule has 0 aliphatic rings. The zero-order valence-electron chi connectivity index (χ0n) is 16.9. The van der Waals surface area contributed by atoms with Crippen molar-refractivity contribution in [3.05, 3.63) is 42.4 Å². The van der Waals surface area contributed by atoms with Crippen LogP contribution >= 0.6 is 0 Å². The van der Waals surface area contributed by atoms with Crippen molar-refractivity contribution in [1.82, 2.24) is 25.1 Å². The van der Waals surface area contributed by atoms with Gasteiger partial charge in [-0.05, 0) is 18.9 Å². The van der Waals surface area contributed by atoms with E-state index in [-0.39, 0.29) is 18.5 Å². The van der Waals surface area contributed by atoms with E-state index in [2.05, 4.69) is 34.1 Å². The third-order valence-corrected chi connectivity index (χ3v) is 4.31. The van der Waals surface area contributed by atoms with Crippen molar-refractivity contribution < 1.29 is 4.79 Å². The SMILES string of the molecule is CCC(C)NC(=NCC(=O)N(C)C)N(C)Cc1ncc(-c2ccccc2)[nH]1. The number of hydrogen-bond donors (Lipinski definition) is 2. The molecule has 1 heterocycles. The molecule has 27 heavy (non-hydrogen) atoms. The second-order valence-corrected chi connectivity index (χ2v) is 6.85. The standard InChI is InChI=1S/C20H30N6O/c1-6-15(2)23-20(22-13-19(27)25(3)4)26(5)14-18-21-12-17(24-18)16-10-8-7-9-11-16/h7-12,15H,6,13-14H2,1-5H3,(H,21,24)(H,22,23). The molecule has 1 amide bonds. The van der Waals surface area contributed by atoms with E-state index >= 15 is 0 Å². The Kier molecular flexibility index (Phi) is 7.40. The second kappa shape index (κ2) is 9.75. The van der Waals surface area contributed by atoms with Crippen LogP contribution in [0.15, 0.2) is 41.5 Å². The Morgan fingerprint density at radius 1 is 1.26 bits per heavy atom. The molecule has 0 spiro atoms. The number of hydrogen-bond acceptors (Lipinski definition) is 3. The first-order valence-corrected chi connectivity index (χ1v) is 9.22. The van der Waals surface area contributed by atoms with Crippen molar-refractivity contribution in [2.24, 2.45) is 4.99 Å². The number of amides is 1. The van der Waals surface area contributed by atoms with E-state index in [9.17, 15) is 4.79 Å². The van der Waals surface area contributed by atoms with Gasteiger partial charge in [-0.15, -0.1) is 0 Å². The smallest absolute Gasteiger partial charge is 0.243 e. The van der Waals surface area contributed by atoms with Gasteiger partial charge in [-0.3, -0.25) is 4.79 Å². The van der Waals surface area contributed by atoms with Crippen molar-refractivity contribution in [2.75, 3.05) is 27.7 Å². The fourth-order valence-electron chi connectivity index (χ4n) is 2.39. The van der Waals surface area contributed by atoms with E-state index in [0.717, 1.165) is 23.5 Å². The Hall–Kier alpha value is -2.83. The maximum atomic E-state index is 11.9. The average Bonchev–Trinajstić information content (AvgIpc) is 3.13. The van der Waals surface area contributed by atoms with Crippen molar-refractivity contribution in [2.45, 2.75) is 32.9 Å². The number of likely N-dealkylation sites (N-methyl/N-ethyl adjacent to an activating group) is 1. The molecule has 1 aromatic heterocycles. The number of carbonyl (C=O) groups is 1. The van der Waals surface area contributed by atoms with Crippen LogP contribution in [0.3, 0.4) is 0 Å². The number of aromatic amines is 1. The summed E-state index contributed by atoms with van der Waals surface area (Å²) in [6.45, 7) is 4.88. The maximum Gasteiger partial charge on any atom is 0.243 e. The molecule has 0 radical (unpaired) electrons. The van der Waals surface area contributed by atoms with E-state index in [4.69, 9.17) is 0 Å². The first kappa shape index (κ1) is 20.5. The van der Waals surface area contributed by atoms with E-state index in [1.807, 2.05) is 48.5 Å². The molecule has 0 bridgehead atoms. The molecule has 0 aliphatic carbocycles. The summed E-state index contributed by atoms with van der Waals surface area (Å²) in [4.78, 5) is 27.7. The molecule has 1 unspecified atom stereocenters. The average molecular weight is 371 g/mol. The quantitative estimate of drug-likeness (QED) is 0.579. The monoisotopic (exact) mass is 370 g/mol. The number of rotatable bonds is 7. The van der Waals surface area contributed by atoms with E-state index in [0.29, 0.717) is 12.5 Å².